The maximum atomic E-state index is 11.3. The number of fused-ring (bicyclic) bond motifs is 1. The van der Waals surface area contributed by atoms with Gasteiger partial charge in [-0.1, -0.05) is 0 Å². The number of hydrogen-bond acceptors (Lipinski definition) is 3. The van der Waals surface area contributed by atoms with Crippen LogP contribution >= 0.6 is 11.3 Å². The fourth-order valence-electron chi connectivity index (χ4n) is 1.97. The van der Waals surface area contributed by atoms with Crippen LogP contribution < -0.4 is 5.32 Å². The van der Waals surface area contributed by atoms with Gasteiger partial charge in [0.1, 0.15) is 0 Å². The molecular formula is C12H15NO3S. The minimum absolute atomic E-state index is 0.0560. The molecule has 5 heteroatoms. The zero-order valence-electron chi connectivity index (χ0n) is 9.49. The fraction of sp³-hybridized carbons (Fsp3) is 0.500. The van der Waals surface area contributed by atoms with Gasteiger partial charge in [-0.15, -0.1) is 11.3 Å². The second kappa shape index (κ2) is 5.31. The molecule has 0 fully saturated rings. The largest absolute Gasteiger partial charge is 0.481 e. The molecule has 0 aromatic carbocycles. The van der Waals surface area contributed by atoms with Crippen molar-refractivity contribution in [3.63, 3.8) is 0 Å². The summed E-state index contributed by atoms with van der Waals surface area (Å²) in [5.41, 5.74) is 1.42. The predicted octanol–water partition coefficient (Wildman–Crippen LogP) is 1.72. The number of carboxylic acids is 1. The third-order valence-electron chi connectivity index (χ3n) is 2.82. The van der Waals surface area contributed by atoms with Gasteiger partial charge < -0.3 is 10.4 Å². The van der Waals surface area contributed by atoms with Crippen LogP contribution in [0.1, 0.15) is 34.6 Å². The van der Waals surface area contributed by atoms with Crippen LogP contribution in [0.25, 0.3) is 0 Å². The van der Waals surface area contributed by atoms with Gasteiger partial charge in [-0.05, 0) is 30.9 Å². The molecule has 1 heterocycles. The SMILES string of the molecule is O=C(O)CCC(=O)NCc1cc2c(s1)CCC2. The summed E-state index contributed by atoms with van der Waals surface area (Å²) < 4.78 is 0. The molecule has 0 unspecified atom stereocenters. The molecule has 1 aromatic rings. The lowest BCUT2D eigenvalue weighted by atomic mass is 10.2. The molecule has 0 spiro atoms. The van der Waals surface area contributed by atoms with E-state index in [1.165, 1.54) is 21.7 Å². The molecule has 1 aliphatic carbocycles. The second-order valence-corrected chi connectivity index (χ2v) is 5.41. The molecule has 92 valence electrons. The van der Waals surface area contributed by atoms with Gasteiger partial charge in [-0.3, -0.25) is 9.59 Å². The van der Waals surface area contributed by atoms with E-state index in [1.54, 1.807) is 11.3 Å². The Morgan fingerprint density at radius 2 is 2.18 bits per heavy atom. The molecule has 0 saturated carbocycles. The van der Waals surface area contributed by atoms with E-state index < -0.39 is 5.97 Å². The molecule has 0 aliphatic heterocycles. The van der Waals surface area contributed by atoms with Crippen molar-refractivity contribution in [2.75, 3.05) is 0 Å². The van der Waals surface area contributed by atoms with Crippen LogP contribution in [0, 0.1) is 0 Å². The Hall–Kier alpha value is -1.36. The van der Waals surface area contributed by atoms with E-state index in [0.717, 1.165) is 12.8 Å². The van der Waals surface area contributed by atoms with Crippen molar-refractivity contribution >= 4 is 23.2 Å². The van der Waals surface area contributed by atoms with Crippen molar-refractivity contribution in [3.8, 4) is 0 Å². The highest BCUT2D eigenvalue weighted by Crippen LogP contribution is 2.30. The quantitative estimate of drug-likeness (QED) is 0.839. The number of hydrogen-bond donors (Lipinski definition) is 2. The van der Waals surface area contributed by atoms with Crippen molar-refractivity contribution in [2.24, 2.45) is 0 Å². The van der Waals surface area contributed by atoms with Crippen molar-refractivity contribution < 1.29 is 14.7 Å². The predicted molar refractivity (Wildman–Crippen MR) is 65.1 cm³/mol. The monoisotopic (exact) mass is 253 g/mol. The molecule has 0 bridgehead atoms. The molecule has 1 amide bonds. The van der Waals surface area contributed by atoms with Crippen molar-refractivity contribution in [2.45, 2.75) is 38.6 Å². The highest BCUT2D eigenvalue weighted by molar-refractivity contribution is 7.12. The standard InChI is InChI=1S/C12H15NO3S/c14-11(4-5-12(15)16)13-7-9-6-8-2-1-3-10(8)17-9/h6H,1-5,7H2,(H,13,14)(H,15,16). The van der Waals surface area contributed by atoms with E-state index >= 15 is 0 Å². The summed E-state index contributed by atoms with van der Waals surface area (Å²) in [6.45, 7) is 0.524. The van der Waals surface area contributed by atoms with Gasteiger partial charge in [-0.25, -0.2) is 0 Å². The topological polar surface area (TPSA) is 66.4 Å². The van der Waals surface area contributed by atoms with Gasteiger partial charge in [-0.2, -0.15) is 0 Å². The molecule has 0 radical (unpaired) electrons. The Labute approximate surface area is 104 Å². The number of aliphatic carboxylic acids is 1. The van der Waals surface area contributed by atoms with Gasteiger partial charge >= 0.3 is 5.97 Å². The van der Waals surface area contributed by atoms with Crippen LogP contribution in [0.3, 0.4) is 0 Å². The van der Waals surface area contributed by atoms with E-state index in [4.69, 9.17) is 5.11 Å². The lowest BCUT2D eigenvalue weighted by Crippen LogP contribution is -2.22. The Bertz CT molecular complexity index is 417. The molecule has 17 heavy (non-hydrogen) atoms. The average molecular weight is 253 g/mol. The maximum Gasteiger partial charge on any atom is 0.303 e. The molecule has 2 N–H and O–H groups in total. The van der Waals surface area contributed by atoms with E-state index in [0.29, 0.717) is 6.54 Å². The van der Waals surface area contributed by atoms with Crippen molar-refractivity contribution in [1.82, 2.24) is 5.32 Å². The summed E-state index contributed by atoms with van der Waals surface area (Å²) in [6.07, 6.45) is 3.51. The average Bonchev–Trinajstić information content (AvgIpc) is 2.83. The smallest absolute Gasteiger partial charge is 0.303 e. The molecule has 1 aromatic heterocycles. The number of carbonyl (C=O) groups is 2. The number of aryl methyl sites for hydroxylation is 2. The fourth-order valence-corrected chi connectivity index (χ4v) is 3.17. The normalized spacial score (nSPS) is 13.4. The summed E-state index contributed by atoms with van der Waals surface area (Å²) in [7, 11) is 0. The number of nitrogens with one attached hydrogen (secondary N) is 1. The number of thiophene rings is 1. The Kier molecular flexibility index (Phi) is 3.78. The summed E-state index contributed by atoms with van der Waals surface area (Å²) in [5, 5.41) is 11.2. The molecule has 0 atom stereocenters. The summed E-state index contributed by atoms with van der Waals surface area (Å²) >= 11 is 1.76. The number of amides is 1. The highest BCUT2D eigenvalue weighted by atomic mass is 32.1. The first kappa shape index (κ1) is 12.1. The number of rotatable bonds is 5. The minimum atomic E-state index is -0.935. The number of carboxylic acid groups (broad SMARTS) is 1. The van der Waals surface area contributed by atoms with E-state index in [9.17, 15) is 9.59 Å². The third-order valence-corrected chi connectivity index (χ3v) is 4.06. The van der Waals surface area contributed by atoms with Gasteiger partial charge in [0.25, 0.3) is 0 Å². The van der Waals surface area contributed by atoms with E-state index in [-0.39, 0.29) is 18.7 Å². The Morgan fingerprint density at radius 3 is 2.88 bits per heavy atom. The maximum absolute atomic E-state index is 11.3. The summed E-state index contributed by atoms with van der Waals surface area (Å²) in [5.74, 6) is -1.13. The highest BCUT2D eigenvalue weighted by Gasteiger charge is 2.15. The van der Waals surface area contributed by atoms with Crippen LogP contribution in [-0.2, 0) is 29.0 Å². The minimum Gasteiger partial charge on any atom is -0.481 e. The summed E-state index contributed by atoms with van der Waals surface area (Å²) in [4.78, 5) is 24.2. The van der Waals surface area contributed by atoms with Gasteiger partial charge in [0.15, 0.2) is 0 Å². The first-order valence-corrected chi connectivity index (χ1v) is 6.56. The zero-order valence-corrected chi connectivity index (χ0v) is 10.3. The van der Waals surface area contributed by atoms with Crippen LogP contribution in [0.15, 0.2) is 6.07 Å². The molecule has 0 saturated heterocycles. The lowest BCUT2D eigenvalue weighted by molar-refractivity contribution is -0.138. The molecule has 4 nitrogen and oxygen atoms in total. The van der Waals surface area contributed by atoms with E-state index in [2.05, 4.69) is 11.4 Å². The van der Waals surface area contributed by atoms with Gasteiger partial charge in [0.2, 0.25) is 5.91 Å². The van der Waals surface area contributed by atoms with E-state index in [1.807, 2.05) is 0 Å². The van der Waals surface area contributed by atoms with Gasteiger partial charge in [0.05, 0.1) is 13.0 Å². The molecule has 2 rings (SSSR count). The number of carbonyl (C=O) groups excluding carboxylic acids is 1. The second-order valence-electron chi connectivity index (χ2n) is 4.19. The first-order chi connectivity index (χ1) is 8.15. The lowest BCUT2D eigenvalue weighted by Gasteiger charge is -2.01. The van der Waals surface area contributed by atoms with Gasteiger partial charge in [0, 0.05) is 16.2 Å². The Morgan fingerprint density at radius 1 is 1.35 bits per heavy atom. The molecule has 1 aliphatic rings. The van der Waals surface area contributed by atoms with Crippen LogP contribution in [0.4, 0.5) is 0 Å². The first-order valence-electron chi connectivity index (χ1n) is 5.74. The molecular weight excluding hydrogens is 238 g/mol. The third kappa shape index (κ3) is 3.30. The van der Waals surface area contributed by atoms with Crippen LogP contribution in [0.5, 0.6) is 0 Å². The van der Waals surface area contributed by atoms with Crippen LogP contribution in [-0.4, -0.2) is 17.0 Å². The Balaban J connectivity index is 1.77. The van der Waals surface area contributed by atoms with Crippen molar-refractivity contribution in [3.05, 3.63) is 21.4 Å². The zero-order chi connectivity index (χ0) is 12.3. The summed E-state index contributed by atoms with van der Waals surface area (Å²) in [6, 6.07) is 2.16. The van der Waals surface area contributed by atoms with Crippen LogP contribution in [0.2, 0.25) is 0 Å². The van der Waals surface area contributed by atoms with Crippen molar-refractivity contribution in [1.29, 1.82) is 0 Å².